The molecule has 0 radical (unpaired) electrons. The van der Waals surface area contributed by atoms with Crippen molar-refractivity contribution in [2.45, 2.75) is 6.42 Å². The summed E-state index contributed by atoms with van der Waals surface area (Å²) in [7, 11) is 0. The maximum absolute atomic E-state index is 12.7. The van der Waals surface area contributed by atoms with Crippen molar-refractivity contribution in [1.29, 1.82) is 0 Å². The molecule has 0 saturated carbocycles. The number of benzene rings is 2. The summed E-state index contributed by atoms with van der Waals surface area (Å²) in [5.74, 6) is 0.552. The molecule has 140 valence electrons. The van der Waals surface area contributed by atoms with Crippen LogP contribution in [0.25, 0.3) is 10.9 Å². The standard InChI is InChI=1S/C21H17N3O4/c25-19-9-14(21(26)23-15-6-7-17-18(10-15)28-12-27-17)11-24(19)16-5-1-3-13-4-2-8-22-20(13)16/h1-8,10,14H,9,11-12H2,(H,23,26). The van der Waals surface area contributed by atoms with Crippen molar-refractivity contribution in [1.82, 2.24) is 4.98 Å². The van der Waals surface area contributed by atoms with Gasteiger partial charge in [-0.1, -0.05) is 18.2 Å². The molecule has 1 fully saturated rings. The highest BCUT2D eigenvalue weighted by atomic mass is 16.7. The van der Waals surface area contributed by atoms with Crippen LogP contribution in [0.1, 0.15) is 6.42 Å². The van der Waals surface area contributed by atoms with Crippen LogP contribution in [0.3, 0.4) is 0 Å². The Kier molecular flexibility index (Phi) is 3.86. The lowest BCUT2D eigenvalue weighted by molar-refractivity contribution is -0.122. The number of carbonyl (C=O) groups is 2. The number of rotatable bonds is 3. The SMILES string of the molecule is O=C(Nc1ccc2c(c1)OCO2)C1CC(=O)N(c2cccc3cccnc23)C1. The van der Waals surface area contributed by atoms with E-state index in [0.29, 0.717) is 23.7 Å². The number of para-hydroxylation sites is 1. The van der Waals surface area contributed by atoms with E-state index >= 15 is 0 Å². The number of nitrogens with one attached hydrogen (secondary N) is 1. The molecule has 0 aliphatic carbocycles. The zero-order valence-electron chi connectivity index (χ0n) is 14.9. The van der Waals surface area contributed by atoms with Crippen molar-refractivity contribution in [3.8, 4) is 11.5 Å². The third-order valence-corrected chi connectivity index (χ3v) is 5.04. The first-order valence-corrected chi connectivity index (χ1v) is 9.04. The summed E-state index contributed by atoms with van der Waals surface area (Å²) in [5.41, 5.74) is 2.11. The van der Waals surface area contributed by atoms with Crippen LogP contribution in [-0.2, 0) is 9.59 Å². The van der Waals surface area contributed by atoms with E-state index < -0.39 is 5.92 Å². The number of amides is 2. The Balaban J connectivity index is 1.35. The first kappa shape index (κ1) is 16.6. The van der Waals surface area contributed by atoms with E-state index in [0.717, 1.165) is 16.6 Å². The van der Waals surface area contributed by atoms with E-state index in [4.69, 9.17) is 9.47 Å². The quantitative estimate of drug-likeness (QED) is 0.761. The molecule has 7 nitrogen and oxygen atoms in total. The highest BCUT2D eigenvalue weighted by Gasteiger charge is 2.36. The van der Waals surface area contributed by atoms with Crippen molar-refractivity contribution in [2.75, 3.05) is 23.6 Å². The lowest BCUT2D eigenvalue weighted by atomic mass is 10.1. The number of ether oxygens (including phenoxy) is 2. The van der Waals surface area contributed by atoms with Gasteiger partial charge in [-0.25, -0.2) is 0 Å². The molecule has 1 N–H and O–H groups in total. The first-order valence-electron chi connectivity index (χ1n) is 9.04. The minimum absolute atomic E-state index is 0.0796. The molecule has 1 unspecified atom stereocenters. The molecule has 1 aromatic heterocycles. The Hall–Kier alpha value is -3.61. The number of anilines is 2. The molecule has 1 saturated heterocycles. The maximum Gasteiger partial charge on any atom is 0.231 e. The average Bonchev–Trinajstić information content (AvgIpc) is 3.33. The van der Waals surface area contributed by atoms with Crippen molar-refractivity contribution in [3.05, 3.63) is 54.7 Å². The fraction of sp³-hybridized carbons (Fsp3) is 0.190. The third kappa shape index (κ3) is 2.81. The molecule has 1 atom stereocenters. The van der Waals surface area contributed by atoms with Gasteiger partial charge in [0.15, 0.2) is 11.5 Å². The molecule has 3 aromatic rings. The van der Waals surface area contributed by atoms with Gasteiger partial charge in [-0.3, -0.25) is 14.6 Å². The Morgan fingerprint density at radius 1 is 1.11 bits per heavy atom. The van der Waals surface area contributed by atoms with Crippen LogP contribution >= 0.6 is 0 Å². The minimum atomic E-state index is -0.433. The van der Waals surface area contributed by atoms with Crippen molar-refractivity contribution in [2.24, 2.45) is 5.92 Å². The Morgan fingerprint density at radius 3 is 2.89 bits per heavy atom. The zero-order valence-corrected chi connectivity index (χ0v) is 14.9. The van der Waals surface area contributed by atoms with E-state index in [9.17, 15) is 9.59 Å². The molecule has 7 heteroatoms. The predicted molar refractivity (Wildman–Crippen MR) is 103 cm³/mol. The molecule has 2 aliphatic rings. The summed E-state index contributed by atoms with van der Waals surface area (Å²) >= 11 is 0. The topological polar surface area (TPSA) is 80.8 Å². The van der Waals surface area contributed by atoms with Crippen LogP contribution in [0.15, 0.2) is 54.7 Å². The van der Waals surface area contributed by atoms with E-state index in [1.54, 1.807) is 29.3 Å². The summed E-state index contributed by atoms with van der Waals surface area (Å²) in [5, 5.41) is 3.83. The summed E-state index contributed by atoms with van der Waals surface area (Å²) in [4.78, 5) is 31.4. The first-order chi connectivity index (χ1) is 13.7. The lowest BCUT2D eigenvalue weighted by Crippen LogP contribution is -2.28. The second-order valence-corrected chi connectivity index (χ2v) is 6.81. The number of carbonyl (C=O) groups excluding carboxylic acids is 2. The smallest absolute Gasteiger partial charge is 0.231 e. The van der Waals surface area contributed by atoms with E-state index in [1.807, 2.05) is 30.3 Å². The van der Waals surface area contributed by atoms with Gasteiger partial charge in [0.1, 0.15) is 0 Å². The monoisotopic (exact) mass is 375 g/mol. The molecule has 2 aliphatic heterocycles. The predicted octanol–water partition coefficient (Wildman–Crippen LogP) is 2.96. The fourth-order valence-electron chi connectivity index (χ4n) is 3.64. The Labute approximate surface area is 160 Å². The van der Waals surface area contributed by atoms with Crippen molar-refractivity contribution in [3.63, 3.8) is 0 Å². The van der Waals surface area contributed by atoms with Crippen LogP contribution in [0.5, 0.6) is 11.5 Å². The van der Waals surface area contributed by atoms with Crippen molar-refractivity contribution < 1.29 is 19.1 Å². The highest BCUT2D eigenvalue weighted by Crippen LogP contribution is 2.35. The van der Waals surface area contributed by atoms with Crippen LogP contribution in [0.4, 0.5) is 11.4 Å². The third-order valence-electron chi connectivity index (χ3n) is 5.04. The maximum atomic E-state index is 12.7. The van der Waals surface area contributed by atoms with Crippen LogP contribution in [0, 0.1) is 5.92 Å². The van der Waals surface area contributed by atoms with Crippen molar-refractivity contribution >= 4 is 34.1 Å². The van der Waals surface area contributed by atoms with E-state index in [1.165, 1.54) is 0 Å². The number of hydrogen-bond acceptors (Lipinski definition) is 5. The van der Waals surface area contributed by atoms with E-state index in [2.05, 4.69) is 10.3 Å². The van der Waals surface area contributed by atoms with E-state index in [-0.39, 0.29) is 25.0 Å². The van der Waals surface area contributed by atoms with Gasteiger partial charge in [0.2, 0.25) is 18.6 Å². The summed E-state index contributed by atoms with van der Waals surface area (Å²) < 4.78 is 10.6. The minimum Gasteiger partial charge on any atom is -0.454 e. The largest absolute Gasteiger partial charge is 0.454 e. The van der Waals surface area contributed by atoms with Gasteiger partial charge in [0, 0.05) is 36.3 Å². The molecule has 0 spiro atoms. The summed E-state index contributed by atoms with van der Waals surface area (Å²) in [6.07, 6.45) is 1.87. The normalized spacial score (nSPS) is 17.9. The zero-order chi connectivity index (χ0) is 19.1. The van der Waals surface area contributed by atoms with Gasteiger partial charge in [-0.2, -0.15) is 0 Å². The number of pyridine rings is 1. The van der Waals surface area contributed by atoms with Gasteiger partial charge < -0.3 is 19.7 Å². The van der Waals surface area contributed by atoms with Gasteiger partial charge in [-0.15, -0.1) is 0 Å². The molecule has 2 aromatic carbocycles. The molecule has 0 bridgehead atoms. The Bertz CT molecular complexity index is 1090. The number of fused-ring (bicyclic) bond motifs is 2. The summed E-state index contributed by atoms with van der Waals surface area (Å²) in [6.45, 7) is 0.503. The average molecular weight is 375 g/mol. The highest BCUT2D eigenvalue weighted by molar-refractivity contribution is 6.07. The van der Waals surface area contributed by atoms with Gasteiger partial charge >= 0.3 is 0 Å². The molecule has 3 heterocycles. The fourth-order valence-corrected chi connectivity index (χ4v) is 3.64. The molecule has 5 rings (SSSR count). The summed E-state index contributed by atoms with van der Waals surface area (Å²) in [6, 6.07) is 14.8. The number of hydrogen-bond donors (Lipinski definition) is 1. The van der Waals surface area contributed by atoms with Crippen LogP contribution < -0.4 is 19.7 Å². The van der Waals surface area contributed by atoms with Gasteiger partial charge in [0.25, 0.3) is 0 Å². The molecular formula is C21H17N3O4. The number of aromatic nitrogens is 1. The van der Waals surface area contributed by atoms with Gasteiger partial charge in [0.05, 0.1) is 17.1 Å². The second kappa shape index (κ2) is 6.53. The molecular weight excluding hydrogens is 358 g/mol. The lowest BCUT2D eigenvalue weighted by Gasteiger charge is -2.18. The van der Waals surface area contributed by atoms with Crippen LogP contribution in [0.2, 0.25) is 0 Å². The Morgan fingerprint density at radius 2 is 1.96 bits per heavy atom. The second-order valence-electron chi connectivity index (χ2n) is 6.81. The van der Waals surface area contributed by atoms with Crippen LogP contribution in [-0.4, -0.2) is 30.1 Å². The molecule has 28 heavy (non-hydrogen) atoms. The number of nitrogens with zero attached hydrogens (tertiary/aromatic N) is 2. The molecule has 2 amide bonds. The van der Waals surface area contributed by atoms with Gasteiger partial charge in [-0.05, 0) is 24.3 Å².